The summed E-state index contributed by atoms with van der Waals surface area (Å²) < 4.78 is 18.8. The van der Waals surface area contributed by atoms with Crippen LogP contribution in [0.25, 0.3) is 11.3 Å². The van der Waals surface area contributed by atoms with E-state index in [0.717, 1.165) is 5.76 Å². The molecule has 86 valence electrons. The molecule has 0 radical (unpaired) electrons. The van der Waals surface area contributed by atoms with Crippen molar-refractivity contribution in [3.8, 4) is 17.4 Å². The van der Waals surface area contributed by atoms with E-state index >= 15 is 0 Å². The van der Waals surface area contributed by atoms with Crippen LogP contribution in [0.2, 0.25) is 0 Å². The van der Waals surface area contributed by atoms with E-state index in [0.29, 0.717) is 17.9 Å². The van der Waals surface area contributed by atoms with Crippen LogP contribution in [-0.2, 0) is 6.54 Å². The Labute approximate surface area is 98.5 Å². The van der Waals surface area contributed by atoms with Crippen LogP contribution in [-0.4, -0.2) is 7.05 Å². The fraction of sp³-hybridized carbons (Fsp3) is 0.154. The van der Waals surface area contributed by atoms with Crippen LogP contribution < -0.4 is 5.32 Å². The van der Waals surface area contributed by atoms with E-state index in [-0.39, 0.29) is 5.56 Å². The average molecular weight is 230 g/mol. The molecule has 0 amide bonds. The van der Waals surface area contributed by atoms with Crippen molar-refractivity contribution in [2.75, 3.05) is 7.05 Å². The molecule has 4 heteroatoms. The van der Waals surface area contributed by atoms with Crippen molar-refractivity contribution in [1.29, 1.82) is 5.26 Å². The third-order valence-corrected chi connectivity index (χ3v) is 2.32. The van der Waals surface area contributed by atoms with Gasteiger partial charge in [-0.15, -0.1) is 0 Å². The molecule has 3 nitrogen and oxygen atoms in total. The minimum atomic E-state index is -0.439. The average Bonchev–Trinajstić information content (AvgIpc) is 2.77. The van der Waals surface area contributed by atoms with Gasteiger partial charge in [-0.2, -0.15) is 5.26 Å². The van der Waals surface area contributed by atoms with Gasteiger partial charge in [0.25, 0.3) is 0 Å². The highest BCUT2D eigenvalue weighted by Gasteiger charge is 2.07. The summed E-state index contributed by atoms with van der Waals surface area (Å²) >= 11 is 0. The zero-order valence-corrected chi connectivity index (χ0v) is 9.33. The molecule has 0 bridgehead atoms. The van der Waals surface area contributed by atoms with Gasteiger partial charge in [-0.3, -0.25) is 0 Å². The number of furan rings is 1. The van der Waals surface area contributed by atoms with Gasteiger partial charge in [-0.1, -0.05) is 0 Å². The van der Waals surface area contributed by atoms with Crippen LogP contribution in [0.4, 0.5) is 4.39 Å². The van der Waals surface area contributed by atoms with Gasteiger partial charge in [-0.25, -0.2) is 4.39 Å². The zero-order chi connectivity index (χ0) is 12.3. The first-order valence-corrected chi connectivity index (χ1v) is 5.17. The largest absolute Gasteiger partial charge is 0.460 e. The van der Waals surface area contributed by atoms with Crippen LogP contribution in [0.5, 0.6) is 0 Å². The Kier molecular flexibility index (Phi) is 3.22. The molecule has 1 aromatic heterocycles. The smallest absolute Gasteiger partial charge is 0.134 e. The van der Waals surface area contributed by atoms with Crippen molar-refractivity contribution in [3.05, 3.63) is 47.5 Å². The van der Waals surface area contributed by atoms with E-state index < -0.39 is 5.82 Å². The normalized spacial score (nSPS) is 10.2. The number of hydrogen-bond donors (Lipinski definition) is 1. The van der Waals surface area contributed by atoms with Crippen molar-refractivity contribution in [2.24, 2.45) is 0 Å². The lowest BCUT2D eigenvalue weighted by atomic mass is 10.1. The molecular formula is C13H11FN2O. The van der Waals surface area contributed by atoms with Crippen molar-refractivity contribution in [2.45, 2.75) is 6.54 Å². The lowest BCUT2D eigenvalue weighted by Gasteiger charge is -1.99. The molecule has 1 N–H and O–H groups in total. The maximum Gasteiger partial charge on any atom is 0.134 e. The molecule has 0 atom stereocenters. The van der Waals surface area contributed by atoms with Crippen molar-refractivity contribution < 1.29 is 8.81 Å². The molecule has 0 spiro atoms. The Bertz CT molecular complexity index is 569. The topological polar surface area (TPSA) is 49.0 Å². The summed E-state index contributed by atoms with van der Waals surface area (Å²) in [5.41, 5.74) is 0.857. The predicted octanol–water partition coefficient (Wildman–Crippen LogP) is 2.68. The molecule has 2 aromatic rings. The van der Waals surface area contributed by atoms with Gasteiger partial charge in [0, 0.05) is 5.56 Å². The highest BCUT2D eigenvalue weighted by Crippen LogP contribution is 2.24. The van der Waals surface area contributed by atoms with E-state index in [2.05, 4.69) is 5.32 Å². The van der Waals surface area contributed by atoms with Gasteiger partial charge in [-0.05, 0) is 37.4 Å². The van der Waals surface area contributed by atoms with E-state index in [1.165, 1.54) is 12.1 Å². The number of halogens is 1. The Hall–Kier alpha value is -2.12. The molecule has 0 aliphatic heterocycles. The minimum Gasteiger partial charge on any atom is -0.460 e. The van der Waals surface area contributed by atoms with Gasteiger partial charge < -0.3 is 9.73 Å². The molecule has 1 heterocycles. The third-order valence-electron chi connectivity index (χ3n) is 2.32. The minimum absolute atomic E-state index is 0.284. The van der Waals surface area contributed by atoms with Gasteiger partial charge >= 0.3 is 0 Å². The third kappa shape index (κ3) is 2.52. The standard InChI is InChI=1S/C13H11FN2O/c1-16-8-12-2-3-13(17-12)10-4-9(7-15)5-11(14)6-10/h2-6,16H,8H2,1H3. The second-order valence-corrected chi connectivity index (χ2v) is 3.64. The van der Waals surface area contributed by atoms with Crippen LogP contribution in [0, 0.1) is 17.1 Å². The lowest BCUT2D eigenvalue weighted by Crippen LogP contribution is -2.03. The molecular weight excluding hydrogens is 219 g/mol. The van der Waals surface area contributed by atoms with Crippen molar-refractivity contribution in [1.82, 2.24) is 5.32 Å². The number of nitrogens with one attached hydrogen (secondary N) is 1. The number of rotatable bonds is 3. The lowest BCUT2D eigenvalue weighted by molar-refractivity contribution is 0.506. The Balaban J connectivity index is 2.38. The second kappa shape index (κ2) is 4.81. The highest BCUT2D eigenvalue weighted by atomic mass is 19.1. The SMILES string of the molecule is CNCc1ccc(-c2cc(F)cc(C#N)c2)o1. The first-order chi connectivity index (χ1) is 8.22. The first-order valence-electron chi connectivity index (χ1n) is 5.17. The number of nitriles is 1. The van der Waals surface area contributed by atoms with E-state index in [1.54, 1.807) is 12.1 Å². The van der Waals surface area contributed by atoms with Gasteiger partial charge in [0.1, 0.15) is 17.3 Å². The number of hydrogen-bond acceptors (Lipinski definition) is 3. The molecule has 2 rings (SSSR count). The Morgan fingerprint density at radius 1 is 1.35 bits per heavy atom. The van der Waals surface area contributed by atoms with Gasteiger partial charge in [0.05, 0.1) is 18.2 Å². The molecule has 1 aromatic carbocycles. The van der Waals surface area contributed by atoms with Crippen LogP contribution >= 0.6 is 0 Å². The second-order valence-electron chi connectivity index (χ2n) is 3.64. The number of benzene rings is 1. The first kappa shape index (κ1) is 11.4. The Morgan fingerprint density at radius 2 is 2.18 bits per heavy atom. The highest BCUT2D eigenvalue weighted by molar-refractivity contribution is 5.60. The van der Waals surface area contributed by atoms with Crippen molar-refractivity contribution in [3.63, 3.8) is 0 Å². The molecule has 0 aliphatic rings. The fourth-order valence-corrected chi connectivity index (χ4v) is 1.60. The van der Waals surface area contributed by atoms with Gasteiger partial charge in [0.15, 0.2) is 0 Å². The number of nitrogens with zero attached hydrogens (tertiary/aromatic N) is 1. The molecule has 0 unspecified atom stereocenters. The molecule has 0 saturated heterocycles. The summed E-state index contributed by atoms with van der Waals surface area (Å²) in [4.78, 5) is 0. The van der Waals surface area contributed by atoms with E-state index in [4.69, 9.17) is 9.68 Å². The zero-order valence-electron chi connectivity index (χ0n) is 9.33. The maximum absolute atomic E-state index is 13.3. The molecule has 17 heavy (non-hydrogen) atoms. The quantitative estimate of drug-likeness (QED) is 0.881. The monoisotopic (exact) mass is 230 g/mol. The van der Waals surface area contributed by atoms with Crippen LogP contribution in [0.3, 0.4) is 0 Å². The van der Waals surface area contributed by atoms with E-state index in [9.17, 15) is 4.39 Å². The predicted molar refractivity (Wildman–Crippen MR) is 61.6 cm³/mol. The summed E-state index contributed by atoms with van der Waals surface area (Å²) in [6.07, 6.45) is 0. The maximum atomic E-state index is 13.3. The summed E-state index contributed by atoms with van der Waals surface area (Å²) in [6, 6.07) is 9.65. The van der Waals surface area contributed by atoms with Gasteiger partial charge in [0.2, 0.25) is 0 Å². The Morgan fingerprint density at radius 3 is 2.88 bits per heavy atom. The molecule has 0 fully saturated rings. The summed E-state index contributed by atoms with van der Waals surface area (Å²) in [5.74, 6) is 0.891. The van der Waals surface area contributed by atoms with E-state index in [1.807, 2.05) is 19.2 Å². The van der Waals surface area contributed by atoms with Crippen LogP contribution in [0.1, 0.15) is 11.3 Å². The molecule has 0 aliphatic carbocycles. The summed E-state index contributed by atoms with van der Waals surface area (Å²) in [5, 5.41) is 11.7. The van der Waals surface area contributed by atoms with Crippen LogP contribution in [0.15, 0.2) is 34.7 Å². The molecule has 0 saturated carbocycles. The summed E-state index contributed by atoms with van der Waals surface area (Å²) in [7, 11) is 1.82. The fourth-order valence-electron chi connectivity index (χ4n) is 1.60. The van der Waals surface area contributed by atoms with Crippen molar-refractivity contribution >= 4 is 0 Å². The summed E-state index contributed by atoms with van der Waals surface area (Å²) in [6.45, 7) is 0.612.